The average Bonchev–Trinajstić information content (AvgIpc) is 2.74. The van der Waals surface area contributed by atoms with E-state index in [1.807, 2.05) is 7.11 Å². The van der Waals surface area contributed by atoms with Gasteiger partial charge in [-0.25, -0.2) is 0 Å². The molecule has 0 N–H and O–H groups in total. The zero-order valence-corrected chi connectivity index (χ0v) is 21.1. The molecule has 0 aliphatic heterocycles. The molecule has 0 heterocycles. The van der Waals surface area contributed by atoms with E-state index in [2.05, 4.69) is 20.8 Å². The molecule has 0 fully saturated rings. The molecule has 0 bridgehead atoms. The van der Waals surface area contributed by atoms with Gasteiger partial charge in [-0.3, -0.25) is 0 Å². The van der Waals surface area contributed by atoms with E-state index in [1.54, 1.807) is 0 Å². The number of quaternary nitrogens is 1. The van der Waals surface area contributed by atoms with Crippen LogP contribution in [0.4, 0.5) is 0 Å². The third-order valence-electron chi connectivity index (χ3n) is 6.73. The summed E-state index contributed by atoms with van der Waals surface area (Å²) in [5.41, 5.74) is 0. The van der Waals surface area contributed by atoms with Gasteiger partial charge in [-0.15, -0.1) is 0 Å². The highest BCUT2D eigenvalue weighted by Gasteiger charge is 2.25. The Labute approximate surface area is 185 Å². The maximum Gasteiger partial charge on any atom is 0.102 e. The lowest BCUT2D eigenvalue weighted by Gasteiger charge is -2.39. The van der Waals surface area contributed by atoms with Gasteiger partial charge in [0, 0.05) is 7.11 Å². The Morgan fingerprint density at radius 2 is 0.724 bits per heavy atom. The lowest BCUT2D eigenvalue weighted by atomic mass is 10.1. The van der Waals surface area contributed by atoms with E-state index in [4.69, 9.17) is 4.74 Å². The molecule has 2 nitrogen and oxygen atoms in total. The van der Waals surface area contributed by atoms with Gasteiger partial charge in [-0.2, -0.15) is 0 Å². The molecule has 0 aromatic rings. The monoisotopic (exact) mass is 412 g/mol. The second-order valence-electron chi connectivity index (χ2n) is 9.53. The van der Waals surface area contributed by atoms with Gasteiger partial charge in [0.2, 0.25) is 0 Å². The van der Waals surface area contributed by atoms with Crippen molar-refractivity contribution in [2.24, 2.45) is 0 Å². The fourth-order valence-electron chi connectivity index (χ4n) is 4.64. The molecule has 0 unspecified atom stereocenters. The van der Waals surface area contributed by atoms with Crippen LogP contribution in [0.15, 0.2) is 0 Å². The highest BCUT2D eigenvalue weighted by Crippen LogP contribution is 2.18. The molecule has 0 spiro atoms. The van der Waals surface area contributed by atoms with Crippen molar-refractivity contribution in [1.29, 1.82) is 0 Å². The van der Waals surface area contributed by atoms with Crippen LogP contribution >= 0.6 is 0 Å². The van der Waals surface area contributed by atoms with Gasteiger partial charge in [0.1, 0.15) is 6.54 Å². The molecule has 0 amide bonds. The summed E-state index contributed by atoms with van der Waals surface area (Å²) in [7, 11) is 1.88. The van der Waals surface area contributed by atoms with E-state index in [0.717, 1.165) is 6.61 Å². The van der Waals surface area contributed by atoms with Gasteiger partial charge in [0.25, 0.3) is 0 Å². The second kappa shape index (κ2) is 22.6. The number of rotatable bonds is 24. The molecule has 29 heavy (non-hydrogen) atoms. The van der Waals surface area contributed by atoms with Crippen molar-refractivity contribution >= 4 is 0 Å². The highest BCUT2D eigenvalue weighted by atomic mass is 16.5. The van der Waals surface area contributed by atoms with E-state index in [0.29, 0.717) is 0 Å². The summed E-state index contributed by atoms with van der Waals surface area (Å²) < 4.78 is 6.90. The molecule has 0 atom stereocenters. The van der Waals surface area contributed by atoms with Crippen molar-refractivity contribution in [3.05, 3.63) is 0 Å². The first-order valence-corrected chi connectivity index (χ1v) is 13.6. The molecule has 0 aliphatic carbocycles. The number of methoxy groups -OCH3 is 1. The van der Waals surface area contributed by atoms with Gasteiger partial charge in [0.15, 0.2) is 0 Å². The summed E-state index contributed by atoms with van der Waals surface area (Å²) in [6, 6.07) is 0. The smallest absolute Gasteiger partial charge is 0.102 e. The molecule has 0 rings (SSSR count). The van der Waals surface area contributed by atoms with Crippen molar-refractivity contribution in [2.45, 2.75) is 136 Å². The predicted molar refractivity (Wildman–Crippen MR) is 132 cm³/mol. The zero-order chi connectivity index (χ0) is 21.5. The van der Waals surface area contributed by atoms with Crippen LogP contribution < -0.4 is 0 Å². The van der Waals surface area contributed by atoms with E-state index >= 15 is 0 Å². The van der Waals surface area contributed by atoms with Crippen LogP contribution in [0.3, 0.4) is 0 Å². The number of nitrogens with zero attached hydrogens (tertiary/aromatic N) is 1. The van der Waals surface area contributed by atoms with E-state index in [-0.39, 0.29) is 0 Å². The quantitative estimate of drug-likeness (QED) is 0.114. The summed E-state index contributed by atoms with van der Waals surface area (Å²) in [6.07, 6.45) is 25.5. The number of ether oxygens (including phenoxy) is 1. The van der Waals surface area contributed by atoms with Crippen molar-refractivity contribution in [3.8, 4) is 0 Å². The molecule has 0 radical (unpaired) electrons. The van der Waals surface area contributed by atoms with Crippen molar-refractivity contribution in [2.75, 3.05) is 39.9 Å². The van der Waals surface area contributed by atoms with Gasteiger partial charge >= 0.3 is 0 Å². The largest absolute Gasteiger partial charge is 0.379 e. The van der Waals surface area contributed by atoms with Crippen LogP contribution in [-0.2, 0) is 4.74 Å². The predicted octanol–water partition coefficient (Wildman–Crippen LogP) is 8.53. The third kappa shape index (κ3) is 18.4. The summed E-state index contributed by atoms with van der Waals surface area (Å²) in [5.74, 6) is 0. The standard InChI is InChI=1S/C27H58NO/c1-5-8-11-14-17-20-23-28(26-27-29-4,24-21-18-15-12-9-6-2)25-22-19-16-13-10-7-3/h5-27H2,1-4H3/q+1. The van der Waals surface area contributed by atoms with Gasteiger partial charge < -0.3 is 9.22 Å². The highest BCUT2D eigenvalue weighted by molar-refractivity contribution is 4.53. The summed E-state index contributed by atoms with van der Waals surface area (Å²) >= 11 is 0. The first-order chi connectivity index (χ1) is 14.2. The van der Waals surface area contributed by atoms with Crippen LogP contribution in [0, 0.1) is 0 Å². The summed E-state index contributed by atoms with van der Waals surface area (Å²) in [6.45, 7) is 13.3. The van der Waals surface area contributed by atoms with E-state index < -0.39 is 0 Å². The van der Waals surface area contributed by atoms with E-state index in [9.17, 15) is 0 Å². The lowest BCUT2D eigenvalue weighted by Crippen LogP contribution is -2.52. The molecule has 2 heteroatoms. The summed E-state index contributed by atoms with van der Waals surface area (Å²) in [4.78, 5) is 0. The van der Waals surface area contributed by atoms with Crippen LogP contribution in [0.1, 0.15) is 136 Å². The van der Waals surface area contributed by atoms with Crippen molar-refractivity contribution in [3.63, 3.8) is 0 Å². The Kier molecular flexibility index (Phi) is 22.5. The molecule has 176 valence electrons. The normalized spacial score (nSPS) is 12.0. The van der Waals surface area contributed by atoms with Crippen LogP contribution in [0.25, 0.3) is 0 Å². The minimum absolute atomic E-state index is 0.932. The van der Waals surface area contributed by atoms with Crippen LogP contribution in [0.2, 0.25) is 0 Å². The third-order valence-corrected chi connectivity index (χ3v) is 6.73. The second-order valence-corrected chi connectivity index (χ2v) is 9.53. The Bertz CT molecular complexity index is 264. The molecule has 0 aliphatic rings. The number of hydrogen-bond donors (Lipinski definition) is 0. The lowest BCUT2D eigenvalue weighted by molar-refractivity contribution is -0.929. The minimum Gasteiger partial charge on any atom is -0.379 e. The maximum atomic E-state index is 5.56. The van der Waals surface area contributed by atoms with Gasteiger partial charge in [-0.05, 0) is 38.5 Å². The zero-order valence-electron chi connectivity index (χ0n) is 21.1. The molecule has 0 saturated heterocycles. The van der Waals surface area contributed by atoms with Crippen molar-refractivity contribution < 1.29 is 9.22 Å². The maximum absolute atomic E-state index is 5.56. The first-order valence-electron chi connectivity index (χ1n) is 13.6. The summed E-state index contributed by atoms with van der Waals surface area (Å²) in [5, 5.41) is 0. The first kappa shape index (κ1) is 28.9. The SMILES string of the molecule is CCCCCCCC[N+](CCCCCCCC)(CCCCCCCC)CCOC. The van der Waals surface area contributed by atoms with Gasteiger partial charge in [-0.1, -0.05) is 97.8 Å². The van der Waals surface area contributed by atoms with Gasteiger partial charge in [0.05, 0.1) is 26.2 Å². The fourth-order valence-corrected chi connectivity index (χ4v) is 4.64. The minimum atomic E-state index is 0.932. The Hall–Kier alpha value is -0.0800. The Morgan fingerprint density at radius 1 is 0.414 bits per heavy atom. The van der Waals surface area contributed by atoms with E-state index in [1.165, 1.54) is 146 Å². The fraction of sp³-hybridized carbons (Fsp3) is 1.00. The average molecular weight is 413 g/mol. The number of unbranched alkanes of at least 4 members (excludes halogenated alkanes) is 15. The molecule has 0 saturated carbocycles. The topological polar surface area (TPSA) is 9.23 Å². The molecule has 0 aromatic heterocycles. The molecular weight excluding hydrogens is 354 g/mol. The molecule has 0 aromatic carbocycles. The Morgan fingerprint density at radius 3 is 1.03 bits per heavy atom. The Balaban J connectivity index is 4.52. The van der Waals surface area contributed by atoms with Crippen LogP contribution in [-0.4, -0.2) is 44.4 Å². The number of hydrogen-bond acceptors (Lipinski definition) is 1. The molecular formula is C27H58NO+. The van der Waals surface area contributed by atoms with Crippen LogP contribution in [0.5, 0.6) is 0 Å². The van der Waals surface area contributed by atoms with Crippen molar-refractivity contribution in [1.82, 2.24) is 0 Å².